The Morgan fingerprint density at radius 2 is 1.05 bits per heavy atom. The number of hydrogen-bond donors (Lipinski definition) is 0. The largest absolute Gasteiger partial charge is 0.299 e. The summed E-state index contributed by atoms with van der Waals surface area (Å²) in [7, 11) is 0. The topological polar surface area (TPSA) is 3.24 Å². The average Bonchev–Trinajstić information content (AvgIpc) is 2.38. The van der Waals surface area contributed by atoms with Gasteiger partial charge in [0.05, 0.1) is 0 Å². The van der Waals surface area contributed by atoms with Crippen molar-refractivity contribution < 1.29 is 0 Å². The van der Waals surface area contributed by atoms with Crippen LogP contribution in [0.2, 0.25) is 0 Å². The second-order valence-corrected chi connectivity index (χ2v) is 6.56. The predicted octanol–water partition coefficient (Wildman–Crippen LogP) is 6.03. The maximum absolute atomic E-state index is 2.59. The molecule has 0 aromatic rings. The van der Waals surface area contributed by atoms with Crippen LogP contribution in [0, 0.1) is 0 Å². The first-order chi connectivity index (χ1) is 9.08. The molecular weight excluding hydrogens is 230 g/mol. The van der Waals surface area contributed by atoms with Crippen molar-refractivity contribution in [1.29, 1.82) is 0 Å². The first-order valence-corrected chi connectivity index (χ1v) is 8.83. The molecule has 0 aliphatic carbocycles. The van der Waals surface area contributed by atoms with Crippen LogP contribution in [-0.4, -0.2) is 23.5 Å². The monoisotopic (exact) mass is 269 g/mol. The van der Waals surface area contributed by atoms with Crippen molar-refractivity contribution in [2.24, 2.45) is 0 Å². The van der Waals surface area contributed by atoms with Crippen LogP contribution in [0.3, 0.4) is 0 Å². The van der Waals surface area contributed by atoms with Gasteiger partial charge in [-0.2, -0.15) is 0 Å². The van der Waals surface area contributed by atoms with Crippen molar-refractivity contribution in [2.45, 2.75) is 104 Å². The van der Waals surface area contributed by atoms with Crippen LogP contribution < -0.4 is 0 Å². The van der Waals surface area contributed by atoms with Crippen molar-refractivity contribution in [3.8, 4) is 0 Å². The number of hydrogen-bond acceptors (Lipinski definition) is 1. The molecule has 1 nitrogen and oxygen atoms in total. The quantitative estimate of drug-likeness (QED) is 0.369. The molecule has 0 saturated carbocycles. The Balaban J connectivity index is 3.47. The lowest BCUT2D eigenvalue weighted by molar-refractivity contribution is 0.122. The molecule has 0 bridgehead atoms. The molecule has 116 valence electrons. The molecule has 0 radical (unpaired) electrons. The first kappa shape index (κ1) is 19.0. The number of nitrogens with zero attached hydrogens (tertiary/aromatic N) is 1. The maximum Gasteiger partial charge on any atom is 0.0153 e. The molecule has 0 aliphatic heterocycles. The van der Waals surface area contributed by atoms with Gasteiger partial charge >= 0.3 is 0 Å². The van der Waals surface area contributed by atoms with E-state index in [9.17, 15) is 0 Å². The van der Waals surface area contributed by atoms with Crippen LogP contribution in [0.5, 0.6) is 0 Å². The highest BCUT2D eigenvalue weighted by Gasteiger charge is 2.23. The third-order valence-electron chi connectivity index (χ3n) is 4.51. The minimum atomic E-state index is 0.393. The van der Waals surface area contributed by atoms with Gasteiger partial charge in [-0.05, 0) is 33.4 Å². The highest BCUT2D eigenvalue weighted by atomic mass is 15.2. The highest BCUT2D eigenvalue weighted by Crippen LogP contribution is 2.22. The first-order valence-electron chi connectivity index (χ1n) is 8.83. The second-order valence-electron chi connectivity index (χ2n) is 6.56. The summed E-state index contributed by atoms with van der Waals surface area (Å²) in [5.74, 6) is 0. The van der Waals surface area contributed by atoms with E-state index in [2.05, 4.69) is 39.5 Å². The molecule has 0 unspecified atom stereocenters. The van der Waals surface area contributed by atoms with Crippen molar-refractivity contribution in [3.63, 3.8) is 0 Å². The van der Waals surface area contributed by atoms with Crippen LogP contribution in [0.25, 0.3) is 0 Å². The molecule has 0 aliphatic rings. The molecule has 19 heavy (non-hydrogen) atoms. The van der Waals surface area contributed by atoms with E-state index >= 15 is 0 Å². The Morgan fingerprint density at radius 3 is 1.47 bits per heavy atom. The highest BCUT2D eigenvalue weighted by molar-refractivity contribution is 4.79. The smallest absolute Gasteiger partial charge is 0.0153 e. The zero-order valence-corrected chi connectivity index (χ0v) is 14.4. The van der Waals surface area contributed by atoms with E-state index in [1.807, 2.05) is 0 Å². The fourth-order valence-electron chi connectivity index (χ4n) is 3.11. The molecule has 0 rings (SSSR count). The van der Waals surface area contributed by atoms with Gasteiger partial charge in [-0.15, -0.1) is 0 Å². The molecule has 0 spiro atoms. The van der Waals surface area contributed by atoms with Crippen LogP contribution >= 0.6 is 0 Å². The van der Waals surface area contributed by atoms with Crippen molar-refractivity contribution >= 4 is 0 Å². The Bertz CT molecular complexity index is 182. The Labute approximate surface area is 123 Å². The summed E-state index contributed by atoms with van der Waals surface area (Å²) in [6.45, 7) is 14.0. The number of unbranched alkanes of at least 4 members (excludes halogenated alkanes) is 8. The van der Waals surface area contributed by atoms with E-state index in [1.54, 1.807) is 0 Å². The van der Waals surface area contributed by atoms with Crippen LogP contribution in [0.1, 0.15) is 98.8 Å². The van der Waals surface area contributed by atoms with Gasteiger partial charge in [0, 0.05) is 5.54 Å². The van der Waals surface area contributed by atoms with Crippen LogP contribution in [0.4, 0.5) is 0 Å². The summed E-state index contributed by atoms with van der Waals surface area (Å²) in [5.41, 5.74) is 0.393. The zero-order valence-electron chi connectivity index (χ0n) is 14.4. The minimum absolute atomic E-state index is 0.393. The van der Waals surface area contributed by atoms with E-state index in [1.165, 1.54) is 77.3 Å². The fourth-order valence-corrected chi connectivity index (χ4v) is 3.11. The maximum atomic E-state index is 2.59. The average molecular weight is 270 g/mol. The van der Waals surface area contributed by atoms with Gasteiger partial charge in [0.25, 0.3) is 0 Å². The van der Waals surface area contributed by atoms with E-state index in [-0.39, 0.29) is 0 Å². The molecule has 0 aromatic heterocycles. The van der Waals surface area contributed by atoms with Crippen LogP contribution in [-0.2, 0) is 0 Å². The van der Waals surface area contributed by atoms with E-state index in [4.69, 9.17) is 0 Å². The zero-order chi connectivity index (χ0) is 14.6. The summed E-state index contributed by atoms with van der Waals surface area (Å²) in [6, 6.07) is 0. The number of rotatable bonds is 13. The molecule has 0 N–H and O–H groups in total. The Kier molecular flexibility index (Phi) is 11.7. The van der Waals surface area contributed by atoms with E-state index in [0.29, 0.717) is 5.54 Å². The normalized spacial score (nSPS) is 12.3. The molecule has 0 fully saturated rings. The van der Waals surface area contributed by atoms with Gasteiger partial charge in [-0.1, -0.05) is 78.6 Å². The lowest BCUT2D eigenvalue weighted by Crippen LogP contribution is -2.43. The molecule has 0 atom stereocenters. The summed E-state index contributed by atoms with van der Waals surface area (Å²) >= 11 is 0. The SMILES string of the molecule is CCCCCCCCCCCC(C)(C)N(CC)CC. The van der Waals surface area contributed by atoms with Crippen molar-refractivity contribution in [2.75, 3.05) is 13.1 Å². The van der Waals surface area contributed by atoms with Gasteiger partial charge in [0.2, 0.25) is 0 Å². The summed E-state index contributed by atoms with van der Waals surface area (Å²) < 4.78 is 0. The van der Waals surface area contributed by atoms with E-state index < -0.39 is 0 Å². The molecule has 0 amide bonds. The second kappa shape index (κ2) is 11.8. The summed E-state index contributed by atoms with van der Waals surface area (Å²) in [5, 5.41) is 0. The molecule has 0 heterocycles. The van der Waals surface area contributed by atoms with Gasteiger partial charge in [0.1, 0.15) is 0 Å². The van der Waals surface area contributed by atoms with Gasteiger partial charge in [0.15, 0.2) is 0 Å². The lowest BCUT2D eigenvalue weighted by Gasteiger charge is -2.37. The van der Waals surface area contributed by atoms with Gasteiger partial charge < -0.3 is 0 Å². The standard InChI is InChI=1S/C18H39N/c1-6-9-10-11-12-13-14-15-16-17-18(4,5)19(7-2)8-3/h6-17H2,1-5H3. The molecular formula is C18H39N. The third-order valence-corrected chi connectivity index (χ3v) is 4.51. The fraction of sp³-hybridized carbons (Fsp3) is 1.00. The summed E-state index contributed by atoms with van der Waals surface area (Å²) in [4.78, 5) is 2.59. The van der Waals surface area contributed by atoms with Gasteiger partial charge in [-0.3, -0.25) is 4.90 Å². The van der Waals surface area contributed by atoms with Gasteiger partial charge in [-0.25, -0.2) is 0 Å². The third kappa shape index (κ3) is 9.49. The molecule has 0 aromatic carbocycles. The van der Waals surface area contributed by atoms with Crippen LogP contribution in [0.15, 0.2) is 0 Å². The Morgan fingerprint density at radius 1 is 0.632 bits per heavy atom. The Hall–Kier alpha value is -0.0400. The van der Waals surface area contributed by atoms with Crippen molar-refractivity contribution in [3.05, 3.63) is 0 Å². The summed E-state index contributed by atoms with van der Waals surface area (Å²) in [6.07, 6.45) is 14.2. The van der Waals surface area contributed by atoms with E-state index in [0.717, 1.165) is 0 Å². The lowest BCUT2D eigenvalue weighted by atomic mass is 9.94. The molecule has 0 saturated heterocycles. The predicted molar refractivity (Wildman–Crippen MR) is 88.8 cm³/mol. The van der Waals surface area contributed by atoms with Crippen molar-refractivity contribution in [1.82, 2.24) is 4.90 Å². The molecule has 1 heteroatoms. The minimum Gasteiger partial charge on any atom is -0.299 e.